The van der Waals surface area contributed by atoms with Gasteiger partial charge in [-0.05, 0) is 38.1 Å². The van der Waals surface area contributed by atoms with Crippen molar-refractivity contribution in [2.75, 3.05) is 13.1 Å². The Labute approximate surface area is 112 Å². The number of halogens is 1. The van der Waals surface area contributed by atoms with Crippen molar-refractivity contribution < 1.29 is 9.53 Å². The summed E-state index contributed by atoms with van der Waals surface area (Å²) in [4.78, 5) is 11.4. The summed E-state index contributed by atoms with van der Waals surface area (Å²) in [5.74, 6) is 0.702. The summed E-state index contributed by atoms with van der Waals surface area (Å²) in [5.41, 5.74) is 5.33. The molecule has 1 unspecified atom stereocenters. The average molecular weight is 271 g/mol. The van der Waals surface area contributed by atoms with Gasteiger partial charge in [0.25, 0.3) is 0 Å². The molecule has 0 aliphatic heterocycles. The van der Waals surface area contributed by atoms with Crippen LogP contribution in [-0.4, -0.2) is 25.1 Å². The highest BCUT2D eigenvalue weighted by Gasteiger charge is 2.06. The molecule has 1 aromatic carbocycles. The van der Waals surface area contributed by atoms with Gasteiger partial charge in [0.1, 0.15) is 11.9 Å². The van der Waals surface area contributed by atoms with E-state index in [1.165, 1.54) is 0 Å². The second kappa shape index (κ2) is 7.95. The fourth-order valence-electron chi connectivity index (χ4n) is 1.42. The summed E-state index contributed by atoms with van der Waals surface area (Å²) < 4.78 is 5.63. The van der Waals surface area contributed by atoms with Crippen LogP contribution in [0, 0.1) is 0 Å². The van der Waals surface area contributed by atoms with Crippen LogP contribution in [0.1, 0.15) is 19.8 Å². The molecule has 4 nitrogen and oxygen atoms in total. The lowest BCUT2D eigenvalue weighted by molar-refractivity contribution is -0.121. The number of nitrogens with one attached hydrogen (secondary N) is 1. The summed E-state index contributed by atoms with van der Waals surface area (Å²) >= 11 is 5.85. The maximum Gasteiger partial charge on any atom is 0.220 e. The molecule has 0 radical (unpaired) electrons. The summed E-state index contributed by atoms with van der Waals surface area (Å²) in [5, 5.41) is 3.43. The monoisotopic (exact) mass is 270 g/mol. The molecule has 0 aromatic heterocycles. The van der Waals surface area contributed by atoms with Crippen LogP contribution in [0.2, 0.25) is 5.02 Å². The van der Waals surface area contributed by atoms with Gasteiger partial charge in [0.2, 0.25) is 5.91 Å². The fourth-order valence-corrected chi connectivity index (χ4v) is 1.60. The molecule has 3 N–H and O–H groups in total. The molecule has 1 aromatic rings. The third-order valence-corrected chi connectivity index (χ3v) is 2.56. The summed E-state index contributed by atoms with van der Waals surface area (Å²) in [6, 6.07) is 7.19. The molecule has 18 heavy (non-hydrogen) atoms. The highest BCUT2D eigenvalue weighted by atomic mass is 35.5. The predicted molar refractivity (Wildman–Crippen MR) is 72.8 cm³/mol. The Bertz CT molecular complexity index is 385. The average Bonchev–Trinajstić information content (AvgIpc) is 2.34. The number of benzene rings is 1. The van der Waals surface area contributed by atoms with Crippen molar-refractivity contribution in [2.45, 2.75) is 25.9 Å². The van der Waals surface area contributed by atoms with Crippen molar-refractivity contribution >= 4 is 17.5 Å². The molecule has 0 heterocycles. The minimum atomic E-state index is -0.106. The van der Waals surface area contributed by atoms with E-state index in [1.807, 2.05) is 19.1 Å². The quantitative estimate of drug-likeness (QED) is 0.796. The van der Waals surface area contributed by atoms with Gasteiger partial charge in [0, 0.05) is 11.4 Å². The maximum atomic E-state index is 11.4. The highest BCUT2D eigenvalue weighted by molar-refractivity contribution is 6.30. The molecule has 1 amide bonds. The number of ether oxygens (including phenoxy) is 1. The van der Waals surface area contributed by atoms with Crippen LogP contribution in [0.3, 0.4) is 0 Å². The lowest BCUT2D eigenvalue weighted by Gasteiger charge is -2.15. The number of amides is 1. The van der Waals surface area contributed by atoms with Gasteiger partial charge >= 0.3 is 0 Å². The lowest BCUT2D eigenvalue weighted by Crippen LogP contribution is -2.33. The second-order valence-corrected chi connectivity index (χ2v) is 4.52. The second-order valence-electron chi connectivity index (χ2n) is 4.08. The normalized spacial score (nSPS) is 11.9. The van der Waals surface area contributed by atoms with Gasteiger partial charge in [-0.15, -0.1) is 0 Å². The zero-order chi connectivity index (χ0) is 13.4. The van der Waals surface area contributed by atoms with E-state index in [4.69, 9.17) is 22.1 Å². The Balaban J connectivity index is 2.29. The Hall–Kier alpha value is -1.26. The van der Waals surface area contributed by atoms with E-state index in [2.05, 4.69) is 5.32 Å². The first-order valence-electron chi connectivity index (χ1n) is 6.01. The van der Waals surface area contributed by atoms with E-state index in [9.17, 15) is 4.79 Å². The van der Waals surface area contributed by atoms with Gasteiger partial charge in [-0.2, -0.15) is 0 Å². The van der Waals surface area contributed by atoms with Crippen molar-refractivity contribution in [1.29, 1.82) is 0 Å². The number of hydrogen-bond acceptors (Lipinski definition) is 3. The first kappa shape index (κ1) is 14.8. The molecule has 0 spiro atoms. The first-order chi connectivity index (χ1) is 8.61. The molecular formula is C13H19ClN2O2. The first-order valence-corrected chi connectivity index (χ1v) is 6.38. The smallest absolute Gasteiger partial charge is 0.220 e. The van der Waals surface area contributed by atoms with Crippen LogP contribution < -0.4 is 15.8 Å². The van der Waals surface area contributed by atoms with Crippen LogP contribution in [-0.2, 0) is 4.79 Å². The van der Waals surface area contributed by atoms with Crippen LogP contribution in [0.5, 0.6) is 5.75 Å². The Kier molecular flexibility index (Phi) is 6.54. The molecule has 0 aliphatic carbocycles. The zero-order valence-electron chi connectivity index (χ0n) is 10.5. The van der Waals surface area contributed by atoms with Crippen molar-refractivity contribution in [1.82, 2.24) is 5.32 Å². The number of nitrogens with two attached hydrogens (primary N) is 1. The SMILES string of the molecule is CC(CNC(=O)CCCN)Oc1cccc(Cl)c1. The van der Waals surface area contributed by atoms with E-state index in [0.717, 1.165) is 0 Å². The van der Waals surface area contributed by atoms with Gasteiger partial charge < -0.3 is 15.8 Å². The topological polar surface area (TPSA) is 64.4 Å². The van der Waals surface area contributed by atoms with E-state index >= 15 is 0 Å². The molecule has 1 atom stereocenters. The number of carbonyl (C=O) groups excluding carboxylic acids is 1. The third-order valence-electron chi connectivity index (χ3n) is 2.33. The van der Waals surface area contributed by atoms with Crippen molar-refractivity contribution in [3.63, 3.8) is 0 Å². The van der Waals surface area contributed by atoms with Gasteiger partial charge in [-0.25, -0.2) is 0 Å². The Morgan fingerprint density at radius 2 is 2.33 bits per heavy atom. The number of hydrogen-bond donors (Lipinski definition) is 2. The van der Waals surface area contributed by atoms with E-state index in [0.29, 0.717) is 36.7 Å². The predicted octanol–water partition coefficient (Wildman–Crippen LogP) is 1.96. The summed E-state index contributed by atoms with van der Waals surface area (Å²) in [6.07, 6.45) is 1.06. The van der Waals surface area contributed by atoms with Crippen molar-refractivity contribution in [3.05, 3.63) is 29.3 Å². The van der Waals surface area contributed by atoms with Crippen LogP contribution in [0.15, 0.2) is 24.3 Å². The Morgan fingerprint density at radius 1 is 1.56 bits per heavy atom. The molecule has 5 heteroatoms. The highest BCUT2D eigenvalue weighted by Crippen LogP contribution is 2.18. The van der Waals surface area contributed by atoms with Crippen LogP contribution in [0.4, 0.5) is 0 Å². The maximum absolute atomic E-state index is 11.4. The minimum Gasteiger partial charge on any atom is -0.489 e. The molecule has 0 bridgehead atoms. The minimum absolute atomic E-state index is 0.00185. The molecule has 0 saturated heterocycles. The van der Waals surface area contributed by atoms with Crippen molar-refractivity contribution in [2.24, 2.45) is 5.73 Å². The molecular weight excluding hydrogens is 252 g/mol. The lowest BCUT2D eigenvalue weighted by atomic mass is 10.3. The van der Waals surface area contributed by atoms with Gasteiger partial charge in [-0.3, -0.25) is 4.79 Å². The van der Waals surface area contributed by atoms with E-state index in [1.54, 1.807) is 12.1 Å². The molecule has 0 fully saturated rings. The van der Waals surface area contributed by atoms with E-state index in [-0.39, 0.29) is 12.0 Å². The van der Waals surface area contributed by atoms with Crippen LogP contribution >= 0.6 is 11.6 Å². The van der Waals surface area contributed by atoms with Gasteiger partial charge in [-0.1, -0.05) is 17.7 Å². The standard InChI is InChI=1S/C13H19ClN2O2/c1-10(9-16-13(17)6-3-7-15)18-12-5-2-4-11(14)8-12/h2,4-5,8,10H,3,6-7,9,15H2,1H3,(H,16,17). The fraction of sp³-hybridized carbons (Fsp3) is 0.462. The summed E-state index contributed by atoms with van der Waals surface area (Å²) in [6.45, 7) is 2.89. The Morgan fingerprint density at radius 3 is 3.00 bits per heavy atom. The summed E-state index contributed by atoms with van der Waals surface area (Å²) in [7, 11) is 0. The largest absolute Gasteiger partial charge is 0.489 e. The molecule has 0 saturated carbocycles. The van der Waals surface area contributed by atoms with Crippen LogP contribution in [0.25, 0.3) is 0 Å². The molecule has 0 aliphatic rings. The molecule has 1 rings (SSSR count). The van der Waals surface area contributed by atoms with E-state index < -0.39 is 0 Å². The van der Waals surface area contributed by atoms with Gasteiger partial charge in [0.05, 0.1) is 6.54 Å². The number of rotatable bonds is 7. The number of carbonyl (C=O) groups is 1. The van der Waals surface area contributed by atoms with Crippen molar-refractivity contribution in [3.8, 4) is 5.75 Å². The third kappa shape index (κ3) is 5.89. The molecule has 100 valence electrons. The van der Waals surface area contributed by atoms with Gasteiger partial charge in [0.15, 0.2) is 0 Å². The zero-order valence-corrected chi connectivity index (χ0v) is 11.2.